The minimum Gasteiger partial charge on any atom is -0.496 e. The molecule has 1 N–H and O–H groups in total. The molecule has 0 unspecified atom stereocenters. The van der Waals surface area contributed by atoms with Crippen LogP contribution in [0.25, 0.3) is 0 Å². The zero-order valence-electron chi connectivity index (χ0n) is 12.0. The molecule has 110 valence electrons. The first-order valence-corrected chi connectivity index (χ1v) is 6.58. The fraction of sp³-hybridized carbons (Fsp3) is 0.250. The number of ether oxygens (including phenoxy) is 1. The molecule has 0 aliphatic heterocycles. The quantitative estimate of drug-likeness (QED) is 0.914. The van der Waals surface area contributed by atoms with E-state index in [1.54, 1.807) is 6.07 Å². The first-order valence-electron chi connectivity index (χ1n) is 6.58. The van der Waals surface area contributed by atoms with E-state index < -0.39 is 11.7 Å². The van der Waals surface area contributed by atoms with Crippen molar-refractivity contribution in [1.29, 1.82) is 0 Å². The van der Waals surface area contributed by atoms with E-state index in [9.17, 15) is 9.59 Å². The molecule has 21 heavy (non-hydrogen) atoms. The molecule has 2 rings (SSSR count). The summed E-state index contributed by atoms with van der Waals surface area (Å²) >= 11 is 0. The third-order valence-electron chi connectivity index (χ3n) is 3.00. The van der Waals surface area contributed by atoms with Gasteiger partial charge in [-0.2, -0.15) is 0 Å². The lowest BCUT2D eigenvalue weighted by Crippen LogP contribution is -2.28. The summed E-state index contributed by atoms with van der Waals surface area (Å²) in [4.78, 5) is 22.9. The highest BCUT2D eigenvalue weighted by Gasteiger charge is 2.17. The van der Waals surface area contributed by atoms with Gasteiger partial charge in [0.2, 0.25) is 5.91 Å². The number of nitrogens with one attached hydrogen (secondary N) is 1. The number of carbonyl (C=O) groups excluding carboxylic acids is 1. The molecule has 2 aromatic rings. The van der Waals surface area contributed by atoms with Crippen LogP contribution in [-0.4, -0.2) is 13.0 Å². The van der Waals surface area contributed by atoms with Crippen LogP contribution < -0.4 is 15.7 Å². The lowest BCUT2D eigenvalue weighted by molar-refractivity contribution is -0.119. The molecule has 0 spiro atoms. The van der Waals surface area contributed by atoms with Crippen LogP contribution in [0.3, 0.4) is 0 Å². The van der Waals surface area contributed by atoms with Gasteiger partial charge in [-0.1, -0.05) is 30.3 Å². The fourth-order valence-corrected chi connectivity index (χ4v) is 2.08. The van der Waals surface area contributed by atoms with Gasteiger partial charge in [0, 0.05) is 13.0 Å². The van der Waals surface area contributed by atoms with E-state index in [2.05, 4.69) is 5.32 Å². The van der Waals surface area contributed by atoms with Crippen molar-refractivity contribution in [2.45, 2.75) is 19.4 Å². The van der Waals surface area contributed by atoms with Gasteiger partial charge in [0.25, 0.3) is 0 Å². The van der Waals surface area contributed by atoms with Crippen molar-refractivity contribution in [2.75, 3.05) is 7.11 Å². The minimum atomic E-state index is -0.507. The molecular formula is C16H17NO4. The average molecular weight is 287 g/mol. The van der Waals surface area contributed by atoms with Crippen molar-refractivity contribution < 1.29 is 13.9 Å². The van der Waals surface area contributed by atoms with Gasteiger partial charge in [0.05, 0.1) is 19.2 Å². The fourth-order valence-electron chi connectivity index (χ4n) is 2.08. The molecule has 1 heterocycles. The maximum atomic E-state index is 11.6. The minimum absolute atomic E-state index is 0.193. The number of amides is 1. The largest absolute Gasteiger partial charge is 0.496 e. The van der Waals surface area contributed by atoms with Crippen LogP contribution in [0.15, 0.2) is 51.7 Å². The van der Waals surface area contributed by atoms with Gasteiger partial charge in [-0.3, -0.25) is 4.79 Å². The molecule has 0 saturated heterocycles. The molecule has 0 radical (unpaired) electrons. The normalized spacial score (nSPS) is 11.7. The van der Waals surface area contributed by atoms with E-state index in [0.29, 0.717) is 17.9 Å². The Balaban J connectivity index is 2.33. The number of hydrogen-bond acceptors (Lipinski definition) is 4. The van der Waals surface area contributed by atoms with E-state index in [0.717, 1.165) is 5.56 Å². The monoisotopic (exact) mass is 287 g/mol. The second-order valence-electron chi connectivity index (χ2n) is 4.66. The van der Waals surface area contributed by atoms with E-state index in [1.807, 2.05) is 30.3 Å². The van der Waals surface area contributed by atoms with Gasteiger partial charge in [-0.15, -0.1) is 0 Å². The van der Waals surface area contributed by atoms with Gasteiger partial charge in [-0.05, 0) is 12.0 Å². The first-order chi connectivity index (χ1) is 10.1. The Hall–Kier alpha value is -2.56. The number of hydrogen-bond donors (Lipinski definition) is 1. The van der Waals surface area contributed by atoms with Crippen molar-refractivity contribution in [3.8, 4) is 5.75 Å². The van der Waals surface area contributed by atoms with Gasteiger partial charge >= 0.3 is 5.63 Å². The topological polar surface area (TPSA) is 68.5 Å². The highest BCUT2D eigenvalue weighted by molar-refractivity contribution is 5.73. The van der Waals surface area contributed by atoms with Gasteiger partial charge < -0.3 is 14.5 Å². The highest BCUT2D eigenvalue weighted by Crippen LogP contribution is 2.21. The third kappa shape index (κ3) is 4.21. The summed E-state index contributed by atoms with van der Waals surface area (Å²) in [7, 11) is 1.48. The van der Waals surface area contributed by atoms with Crippen LogP contribution in [0.5, 0.6) is 5.75 Å². The van der Waals surface area contributed by atoms with Gasteiger partial charge in [-0.25, -0.2) is 4.79 Å². The van der Waals surface area contributed by atoms with Crippen LogP contribution in [0.2, 0.25) is 0 Å². The predicted octanol–water partition coefficient (Wildman–Crippen LogP) is 2.07. The summed E-state index contributed by atoms with van der Waals surface area (Å²) < 4.78 is 10.3. The molecule has 1 amide bonds. The van der Waals surface area contributed by atoms with Crippen molar-refractivity contribution in [3.63, 3.8) is 0 Å². The van der Waals surface area contributed by atoms with Gasteiger partial charge in [0.15, 0.2) is 0 Å². The standard InChI is InChI=1S/C16H17NO4/c1-11(18)17-14(8-12-6-4-3-5-7-12)15-9-13(20-2)10-16(19)21-15/h3-7,9-10,14H,8H2,1-2H3,(H,17,18)/t14-/m0/s1. The van der Waals surface area contributed by atoms with Crippen molar-refractivity contribution >= 4 is 5.91 Å². The Morgan fingerprint density at radius 1 is 1.29 bits per heavy atom. The molecule has 0 saturated carbocycles. The van der Waals surface area contributed by atoms with Crippen LogP contribution in [0, 0.1) is 0 Å². The SMILES string of the molecule is COc1cc([C@H](Cc2ccccc2)NC(C)=O)oc(=O)c1. The molecule has 5 nitrogen and oxygen atoms in total. The molecule has 0 aliphatic rings. The number of rotatable bonds is 5. The van der Waals surface area contributed by atoms with Crippen LogP contribution in [-0.2, 0) is 11.2 Å². The van der Waals surface area contributed by atoms with Crippen molar-refractivity contribution in [2.24, 2.45) is 0 Å². The Kier molecular flexibility index (Phi) is 4.77. The van der Waals surface area contributed by atoms with Crippen molar-refractivity contribution in [1.82, 2.24) is 5.32 Å². The molecular weight excluding hydrogens is 270 g/mol. The second kappa shape index (κ2) is 6.74. The van der Waals surface area contributed by atoms with E-state index >= 15 is 0 Å². The zero-order chi connectivity index (χ0) is 15.2. The summed E-state index contributed by atoms with van der Waals surface area (Å²) in [5, 5.41) is 2.80. The van der Waals surface area contributed by atoms with E-state index in [1.165, 1.54) is 20.1 Å². The average Bonchev–Trinajstić information content (AvgIpc) is 2.46. The molecule has 0 fully saturated rings. The number of benzene rings is 1. The Bertz CT molecular complexity index is 663. The number of methoxy groups -OCH3 is 1. The van der Waals surface area contributed by atoms with Crippen LogP contribution in [0.1, 0.15) is 24.3 Å². The maximum Gasteiger partial charge on any atom is 0.339 e. The third-order valence-corrected chi connectivity index (χ3v) is 3.00. The summed E-state index contributed by atoms with van der Waals surface area (Å²) in [5.41, 5.74) is 0.523. The smallest absolute Gasteiger partial charge is 0.339 e. The molecule has 1 atom stereocenters. The summed E-state index contributed by atoms with van der Waals surface area (Å²) in [5.74, 6) is 0.587. The highest BCUT2D eigenvalue weighted by atomic mass is 16.5. The molecule has 5 heteroatoms. The number of carbonyl (C=O) groups is 1. The van der Waals surface area contributed by atoms with E-state index in [-0.39, 0.29) is 5.91 Å². The van der Waals surface area contributed by atoms with Gasteiger partial charge in [0.1, 0.15) is 11.5 Å². The summed E-state index contributed by atoms with van der Waals surface area (Å²) in [6.07, 6.45) is 0.524. The van der Waals surface area contributed by atoms with Crippen molar-refractivity contribution in [3.05, 3.63) is 64.2 Å². The lowest BCUT2D eigenvalue weighted by Gasteiger charge is -2.17. The molecule has 1 aromatic carbocycles. The van der Waals surface area contributed by atoms with Crippen LogP contribution in [0.4, 0.5) is 0 Å². The Morgan fingerprint density at radius 2 is 2.00 bits per heavy atom. The lowest BCUT2D eigenvalue weighted by atomic mass is 10.0. The Labute approximate surface area is 122 Å². The summed E-state index contributed by atoms with van der Waals surface area (Å²) in [6.45, 7) is 1.43. The maximum absolute atomic E-state index is 11.6. The predicted molar refractivity (Wildman–Crippen MR) is 78.2 cm³/mol. The molecule has 1 aromatic heterocycles. The van der Waals surface area contributed by atoms with E-state index in [4.69, 9.17) is 9.15 Å². The molecule has 0 aliphatic carbocycles. The zero-order valence-corrected chi connectivity index (χ0v) is 12.0. The van der Waals surface area contributed by atoms with Crippen LogP contribution >= 0.6 is 0 Å². The first kappa shape index (κ1) is 14.8. The summed E-state index contributed by atoms with van der Waals surface area (Å²) in [6, 6.07) is 12.1. The molecule has 0 bridgehead atoms. The Morgan fingerprint density at radius 3 is 2.62 bits per heavy atom. The second-order valence-corrected chi connectivity index (χ2v) is 4.66.